The molecule has 2 aliphatic rings. The summed E-state index contributed by atoms with van der Waals surface area (Å²) in [6.07, 6.45) is 10.9. The number of ether oxygens (including phenoxy) is 4. The molecule has 13 heteroatoms. The first-order chi connectivity index (χ1) is 28.3. The van der Waals surface area contributed by atoms with Crippen LogP contribution in [0.1, 0.15) is 109 Å². The average Bonchev–Trinajstić information content (AvgIpc) is 3.74. The number of aryl methyl sites for hydroxylation is 1. The van der Waals surface area contributed by atoms with Crippen LogP contribution in [0.15, 0.2) is 60.7 Å². The van der Waals surface area contributed by atoms with Gasteiger partial charge in [-0.15, -0.1) is 0 Å². The second-order valence-electron chi connectivity index (χ2n) is 16.0. The van der Waals surface area contributed by atoms with Gasteiger partial charge in [-0.2, -0.15) is 0 Å². The zero-order valence-electron chi connectivity index (χ0n) is 35.4. The Balaban J connectivity index is 1.32. The minimum atomic E-state index is -1.55. The predicted octanol–water partition coefficient (Wildman–Crippen LogP) is 8.75. The number of carbonyl (C=O) groups excluding carboxylic acids is 5. The Morgan fingerprint density at radius 1 is 0.847 bits per heavy atom. The van der Waals surface area contributed by atoms with Crippen molar-refractivity contribution in [3.8, 4) is 17.2 Å². The molecule has 2 N–H and O–H groups in total. The number of unbranched alkanes of at least 4 members (excludes halogenated alkanes) is 9. The Bertz CT molecular complexity index is 1960. The first-order valence-corrected chi connectivity index (χ1v) is 20.9. The SMILES string of the molecule is CCCCCCCCCCCCC(Oc1ccc(OC(C)=O)c(C)c1)C(=O)Nc1ccc(OC)c(NC(=O)C(C(=O)N2CCc3ccccc32)N2CC(C)(C)OC2=O)c1. The standard InChI is InChI=1S/C46H60N4O9/c1-7-8-9-10-11-12-13-14-15-16-21-40(58-35-23-25-38(31(2)28-35)57-32(3)51)42(52)47-34-22-24-39(56-6)36(29-34)48-43(53)41(50-30-46(4,5)59-45(50)55)44(54)49-27-26-33-19-17-18-20-37(33)49/h17-20,22-25,28-29,40-41H,7-16,21,26-27,30H2,1-6H3,(H,47,52)(H,48,53). The molecule has 0 aliphatic carbocycles. The van der Waals surface area contributed by atoms with Crippen LogP contribution in [0, 0.1) is 6.92 Å². The van der Waals surface area contributed by atoms with Crippen LogP contribution in [0.3, 0.4) is 0 Å². The summed E-state index contributed by atoms with van der Waals surface area (Å²) in [5.74, 6) is -1.01. The fourth-order valence-electron chi connectivity index (χ4n) is 7.60. The topological polar surface area (TPSA) is 153 Å². The highest BCUT2D eigenvalue weighted by molar-refractivity contribution is 6.17. The van der Waals surface area contributed by atoms with E-state index in [1.54, 1.807) is 57.2 Å². The lowest BCUT2D eigenvalue weighted by Crippen LogP contribution is -2.55. The van der Waals surface area contributed by atoms with E-state index in [9.17, 15) is 24.0 Å². The van der Waals surface area contributed by atoms with Crippen LogP contribution < -0.4 is 29.7 Å². The lowest BCUT2D eigenvalue weighted by molar-refractivity contribution is -0.132. The number of para-hydroxylation sites is 1. The van der Waals surface area contributed by atoms with E-state index >= 15 is 0 Å². The molecule has 0 saturated carbocycles. The fraction of sp³-hybridized carbons (Fsp3) is 0.500. The maximum atomic E-state index is 14.3. The van der Waals surface area contributed by atoms with E-state index < -0.39 is 47.5 Å². The number of rotatable bonds is 21. The second kappa shape index (κ2) is 20.9. The molecule has 2 atom stereocenters. The molecule has 1 saturated heterocycles. The molecule has 318 valence electrons. The van der Waals surface area contributed by atoms with Gasteiger partial charge in [0, 0.05) is 24.8 Å². The molecule has 0 radical (unpaired) electrons. The van der Waals surface area contributed by atoms with E-state index in [1.165, 1.54) is 57.5 Å². The minimum Gasteiger partial charge on any atom is -0.495 e. The van der Waals surface area contributed by atoms with Crippen molar-refractivity contribution in [3.63, 3.8) is 0 Å². The fourth-order valence-corrected chi connectivity index (χ4v) is 7.60. The van der Waals surface area contributed by atoms with E-state index in [0.29, 0.717) is 47.8 Å². The number of benzene rings is 3. The number of esters is 1. The molecule has 2 aliphatic heterocycles. The third kappa shape index (κ3) is 12.2. The number of cyclic esters (lactones) is 1. The Hall–Kier alpha value is -5.59. The van der Waals surface area contributed by atoms with Gasteiger partial charge in [0.25, 0.3) is 17.7 Å². The van der Waals surface area contributed by atoms with Crippen LogP contribution in [0.4, 0.5) is 21.9 Å². The van der Waals surface area contributed by atoms with Gasteiger partial charge in [-0.05, 0) is 93.6 Å². The van der Waals surface area contributed by atoms with E-state index in [2.05, 4.69) is 17.6 Å². The Morgan fingerprint density at radius 3 is 2.17 bits per heavy atom. The predicted molar refractivity (Wildman–Crippen MR) is 227 cm³/mol. The van der Waals surface area contributed by atoms with Crippen molar-refractivity contribution in [2.45, 2.75) is 129 Å². The number of fused-ring (bicyclic) bond motifs is 1. The minimum absolute atomic E-state index is 0.0187. The summed E-state index contributed by atoms with van der Waals surface area (Å²) >= 11 is 0. The number of anilines is 3. The maximum Gasteiger partial charge on any atom is 0.411 e. The van der Waals surface area contributed by atoms with Crippen molar-refractivity contribution in [1.29, 1.82) is 0 Å². The van der Waals surface area contributed by atoms with Crippen molar-refractivity contribution in [2.75, 3.05) is 35.7 Å². The van der Waals surface area contributed by atoms with Gasteiger partial charge < -0.3 is 34.5 Å². The molecule has 2 unspecified atom stereocenters. The number of nitrogens with one attached hydrogen (secondary N) is 2. The summed E-state index contributed by atoms with van der Waals surface area (Å²) in [4.78, 5) is 69.9. The number of hydrogen-bond acceptors (Lipinski definition) is 9. The summed E-state index contributed by atoms with van der Waals surface area (Å²) in [5.41, 5.74) is 1.96. The summed E-state index contributed by atoms with van der Waals surface area (Å²) in [7, 11) is 1.44. The van der Waals surface area contributed by atoms with Gasteiger partial charge in [-0.1, -0.05) is 82.9 Å². The van der Waals surface area contributed by atoms with Gasteiger partial charge in [-0.25, -0.2) is 4.79 Å². The van der Waals surface area contributed by atoms with Gasteiger partial charge >= 0.3 is 12.1 Å². The summed E-state index contributed by atoms with van der Waals surface area (Å²) < 4.78 is 22.7. The number of nitrogens with zero attached hydrogens (tertiary/aromatic N) is 2. The molecule has 3 aromatic carbocycles. The molecular formula is C46H60N4O9. The van der Waals surface area contributed by atoms with Crippen LogP contribution in [0.25, 0.3) is 0 Å². The van der Waals surface area contributed by atoms with Gasteiger partial charge in [0.1, 0.15) is 22.8 Å². The highest BCUT2D eigenvalue weighted by atomic mass is 16.6. The quantitative estimate of drug-likeness (QED) is 0.0465. The molecule has 2 heterocycles. The Morgan fingerprint density at radius 2 is 1.53 bits per heavy atom. The van der Waals surface area contributed by atoms with Crippen molar-refractivity contribution in [2.24, 2.45) is 0 Å². The number of carbonyl (C=O) groups is 5. The lowest BCUT2D eigenvalue weighted by Gasteiger charge is -2.29. The van der Waals surface area contributed by atoms with Gasteiger partial charge in [-0.3, -0.25) is 24.1 Å². The van der Waals surface area contributed by atoms with E-state index in [-0.39, 0.29) is 18.0 Å². The maximum absolute atomic E-state index is 14.3. The normalized spacial score (nSPS) is 15.2. The summed E-state index contributed by atoms with van der Waals surface area (Å²) in [5, 5.41) is 5.76. The van der Waals surface area contributed by atoms with Crippen LogP contribution in [-0.4, -0.2) is 72.6 Å². The molecule has 0 bridgehead atoms. The Labute approximate surface area is 348 Å². The molecule has 0 spiro atoms. The molecule has 59 heavy (non-hydrogen) atoms. The van der Waals surface area contributed by atoms with Crippen LogP contribution >= 0.6 is 0 Å². The highest BCUT2D eigenvalue weighted by Gasteiger charge is 2.48. The Kier molecular flexibility index (Phi) is 15.8. The number of hydrogen-bond donors (Lipinski definition) is 2. The molecule has 4 amide bonds. The van der Waals surface area contributed by atoms with E-state index in [1.807, 2.05) is 24.3 Å². The largest absolute Gasteiger partial charge is 0.495 e. The third-order valence-electron chi connectivity index (χ3n) is 10.6. The smallest absolute Gasteiger partial charge is 0.411 e. The van der Waals surface area contributed by atoms with Crippen molar-refractivity contribution in [3.05, 3.63) is 71.8 Å². The van der Waals surface area contributed by atoms with E-state index in [4.69, 9.17) is 18.9 Å². The van der Waals surface area contributed by atoms with Gasteiger partial charge in [0.15, 0.2) is 12.1 Å². The zero-order valence-corrected chi connectivity index (χ0v) is 35.4. The zero-order chi connectivity index (χ0) is 42.5. The first-order valence-electron chi connectivity index (χ1n) is 20.9. The van der Waals surface area contributed by atoms with Gasteiger partial charge in [0.05, 0.1) is 19.3 Å². The number of amides is 4. The molecule has 5 rings (SSSR count). The number of methoxy groups -OCH3 is 1. The molecule has 0 aromatic heterocycles. The van der Waals surface area contributed by atoms with Crippen molar-refractivity contribution < 1.29 is 42.9 Å². The summed E-state index contributed by atoms with van der Waals surface area (Å²) in [6, 6.07) is 15.8. The van der Waals surface area contributed by atoms with Crippen LogP contribution in [-0.2, 0) is 30.3 Å². The van der Waals surface area contributed by atoms with E-state index in [0.717, 1.165) is 36.1 Å². The van der Waals surface area contributed by atoms with Crippen molar-refractivity contribution in [1.82, 2.24) is 4.90 Å². The highest BCUT2D eigenvalue weighted by Crippen LogP contribution is 2.33. The summed E-state index contributed by atoms with van der Waals surface area (Å²) in [6.45, 7) is 9.17. The molecular weight excluding hydrogens is 753 g/mol. The van der Waals surface area contributed by atoms with Crippen LogP contribution in [0.2, 0.25) is 0 Å². The molecule has 1 fully saturated rings. The van der Waals surface area contributed by atoms with Gasteiger partial charge in [0.2, 0.25) is 0 Å². The second-order valence-corrected chi connectivity index (χ2v) is 16.0. The van der Waals surface area contributed by atoms with Crippen LogP contribution in [0.5, 0.6) is 17.2 Å². The lowest BCUT2D eigenvalue weighted by atomic mass is 10.0. The first kappa shape index (κ1) is 44.5. The monoisotopic (exact) mass is 812 g/mol. The van der Waals surface area contributed by atoms with Crippen molar-refractivity contribution >= 4 is 46.8 Å². The molecule has 3 aromatic rings. The average molecular weight is 813 g/mol. The third-order valence-corrected chi connectivity index (χ3v) is 10.6. The molecule has 13 nitrogen and oxygen atoms in total.